The van der Waals surface area contributed by atoms with Gasteiger partial charge < -0.3 is 14.7 Å². The number of β-amino-alcohol motifs (C(OH)–C–C–N with tert-alkyl or cyclic N) is 1. The molecule has 2 heterocycles. The first-order valence-corrected chi connectivity index (χ1v) is 7.73. The fourth-order valence-corrected chi connectivity index (χ4v) is 3.02. The van der Waals surface area contributed by atoms with Crippen molar-refractivity contribution in [3.05, 3.63) is 30.0 Å². The minimum absolute atomic E-state index is 0.116. The maximum Gasteiger partial charge on any atom is 0.387 e. The highest BCUT2D eigenvalue weighted by atomic mass is 19.3. The van der Waals surface area contributed by atoms with Crippen LogP contribution in [0, 0.1) is 12.8 Å². The van der Waals surface area contributed by atoms with Crippen LogP contribution < -0.4 is 9.64 Å². The van der Waals surface area contributed by atoms with Crippen LogP contribution in [0.2, 0.25) is 0 Å². The molecule has 1 saturated heterocycles. The first-order valence-electron chi connectivity index (χ1n) is 7.73. The summed E-state index contributed by atoms with van der Waals surface area (Å²) in [5, 5.41) is 10.9. The van der Waals surface area contributed by atoms with Crippen molar-refractivity contribution in [1.82, 2.24) is 4.98 Å². The first kappa shape index (κ1) is 15.9. The van der Waals surface area contributed by atoms with E-state index in [9.17, 15) is 13.9 Å². The van der Waals surface area contributed by atoms with Crippen molar-refractivity contribution in [2.24, 2.45) is 5.92 Å². The number of benzene rings is 1. The van der Waals surface area contributed by atoms with Crippen molar-refractivity contribution < 1.29 is 18.6 Å². The summed E-state index contributed by atoms with van der Waals surface area (Å²) in [6, 6.07) is 6.70. The Morgan fingerprint density at radius 1 is 1.35 bits per heavy atom. The summed E-state index contributed by atoms with van der Waals surface area (Å²) in [5.41, 5.74) is 2.48. The van der Waals surface area contributed by atoms with Crippen LogP contribution in [0.4, 0.5) is 14.5 Å². The third-order valence-electron chi connectivity index (χ3n) is 4.37. The molecule has 1 aliphatic rings. The predicted octanol–water partition coefficient (Wildman–Crippen LogP) is 3.35. The second kappa shape index (κ2) is 6.28. The van der Waals surface area contributed by atoms with Crippen LogP contribution in [-0.4, -0.2) is 35.9 Å². The molecule has 0 bridgehead atoms. The lowest BCUT2D eigenvalue weighted by Crippen LogP contribution is -2.43. The quantitative estimate of drug-likeness (QED) is 0.941. The Bertz CT molecular complexity index is 708. The molecular weight excluding hydrogens is 302 g/mol. The molecule has 0 radical (unpaired) electrons. The fourth-order valence-electron chi connectivity index (χ4n) is 3.02. The molecule has 0 saturated carbocycles. The van der Waals surface area contributed by atoms with Gasteiger partial charge in [0.15, 0.2) is 0 Å². The molecule has 2 atom stereocenters. The van der Waals surface area contributed by atoms with Gasteiger partial charge in [-0.2, -0.15) is 8.78 Å². The molecular formula is C17H20F2N2O2. The number of hydrogen-bond acceptors (Lipinski definition) is 4. The number of hydrogen-bond donors (Lipinski definition) is 1. The number of aliphatic hydroxyl groups is 1. The minimum Gasteiger partial charge on any atom is -0.435 e. The van der Waals surface area contributed by atoms with E-state index in [1.807, 2.05) is 19.9 Å². The smallest absolute Gasteiger partial charge is 0.387 e. The second-order valence-corrected chi connectivity index (χ2v) is 6.12. The lowest BCUT2D eigenvalue weighted by molar-refractivity contribution is -0.0497. The molecule has 0 amide bonds. The molecule has 1 fully saturated rings. The van der Waals surface area contributed by atoms with Crippen LogP contribution >= 0.6 is 0 Å². The Labute approximate surface area is 133 Å². The zero-order valence-corrected chi connectivity index (χ0v) is 13.2. The average molecular weight is 322 g/mol. The summed E-state index contributed by atoms with van der Waals surface area (Å²) in [4.78, 5) is 6.54. The van der Waals surface area contributed by atoms with Crippen molar-refractivity contribution in [2.75, 3.05) is 18.0 Å². The molecule has 0 aliphatic carbocycles. The molecule has 1 aromatic heterocycles. The van der Waals surface area contributed by atoms with E-state index < -0.39 is 12.7 Å². The van der Waals surface area contributed by atoms with Crippen molar-refractivity contribution in [3.63, 3.8) is 0 Å². The molecule has 1 aliphatic heterocycles. The number of ether oxygens (including phenoxy) is 1. The summed E-state index contributed by atoms with van der Waals surface area (Å²) in [7, 11) is 0. The molecule has 2 unspecified atom stereocenters. The van der Waals surface area contributed by atoms with E-state index in [0.717, 1.165) is 35.2 Å². The normalized spacial score (nSPS) is 21.9. The van der Waals surface area contributed by atoms with Crippen LogP contribution in [0.15, 0.2) is 24.3 Å². The Balaban J connectivity index is 2.03. The maximum atomic E-state index is 12.5. The van der Waals surface area contributed by atoms with Gasteiger partial charge in [-0.1, -0.05) is 6.92 Å². The van der Waals surface area contributed by atoms with Gasteiger partial charge in [0, 0.05) is 29.9 Å². The SMILES string of the molecule is Cc1cc(N2CCC(C)C(O)C2)c2cc(OC(F)F)ccc2n1. The van der Waals surface area contributed by atoms with Gasteiger partial charge in [-0.15, -0.1) is 0 Å². The van der Waals surface area contributed by atoms with Gasteiger partial charge in [0.05, 0.1) is 11.6 Å². The number of pyridine rings is 1. The molecule has 23 heavy (non-hydrogen) atoms. The Morgan fingerprint density at radius 3 is 2.83 bits per heavy atom. The van der Waals surface area contributed by atoms with E-state index in [2.05, 4.69) is 14.6 Å². The summed E-state index contributed by atoms with van der Waals surface area (Å²) in [5.74, 6) is 0.378. The molecule has 124 valence electrons. The number of fused-ring (bicyclic) bond motifs is 1. The van der Waals surface area contributed by atoms with E-state index in [4.69, 9.17) is 0 Å². The molecule has 0 spiro atoms. The molecule has 3 rings (SSSR count). The lowest BCUT2D eigenvalue weighted by atomic mass is 9.95. The fraction of sp³-hybridized carbons (Fsp3) is 0.471. The van der Waals surface area contributed by atoms with Crippen molar-refractivity contribution in [1.29, 1.82) is 0 Å². The first-order chi connectivity index (χ1) is 10.9. The Morgan fingerprint density at radius 2 is 2.13 bits per heavy atom. The number of anilines is 1. The van der Waals surface area contributed by atoms with Gasteiger partial charge in [0.1, 0.15) is 5.75 Å². The van der Waals surface area contributed by atoms with Gasteiger partial charge in [0.2, 0.25) is 0 Å². The highest BCUT2D eigenvalue weighted by Crippen LogP contribution is 2.33. The minimum atomic E-state index is -2.85. The van der Waals surface area contributed by atoms with Gasteiger partial charge in [-0.25, -0.2) is 0 Å². The van der Waals surface area contributed by atoms with Crippen LogP contribution in [-0.2, 0) is 0 Å². The third-order valence-corrected chi connectivity index (χ3v) is 4.37. The lowest BCUT2D eigenvalue weighted by Gasteiger charge is -2.36. The van der Waals surface area contributed by atoms with Crippen LogP contribution in [0.1, 0.15) is 19.0 Å². The topological polar surface area (TPSA) is 45.6 Å². The number of rotatable bonds is 3. The van der Waals surface area contributed by atoms with Crippen LogP contribution in [0.3, 0.4) is 0 Å². The van der Waals surface area contributed by atoms with Gasteiger partial charge >= 0.3 is 6.61 Å². The van der Waals surface area contributed by atoms with E-state index >= 15 is 0 Å². The van der Waals surface area contributed by atoms with E-state index in [-0.39, 0.29) is 11.7 Å². The number of aromatic nitrogens is 1. The largest absolute Gasteiger partial charge is 0.435 e. The zero-order valence-electron chi connectivity index (χ0n) is 13.2. The highest BCUT2D eigenvalue weighted by molar-refractivity contribution is 5.93. The Kier molecular flexibility index (Phi) is 4.35. The molecule has 1 N–H and O–H groups in total. The Hall–Kier alpha value is -1.95. The van der Waals surface area contributed by atoms with Crippen molar-refractivity contribution in [3.8, 4) is 5.75 Å². The van der Waals surface area contributed by atoms with E-state index in [1.165, 1.54) is 6.07 Å². The van der Waals surface area contributed by atoms with E-state index in [0.29, 0.717) is 6.54 Å². The molecule has 2 aromatic rings. The maximum absolute atomic E-state index is 12.5. The summed E-state index contributed by atoms with van der Waals surface area (Å²) in [6.45, 7) is 2.42. The average Bonchev–Trinajstić information content (AvgIpc) is 2.49. The zero-order chi connectivity index (χ0) is 16.6. The molecule has 1 aromatic carbocycles. The number of alkyl halides is 2. The number of aryl methyl sites for hydroxylation is 1. The number of halogens is 2. The third kappa shape index (κ3) is 3.37. The van der Waals surface area contributed by atoms with Crippen molar-refractivity contribution in [2.45, 2.75) is 33.0 Å². The van der Waals surface area contributed by atoms with Crippen molar-refractivity contribution >= 4 is 16.6 Å². The summed E-state index contributed by atoms with van der Waals surface area (Å²) >= 11 is 0. The van der Waals surface area contributed by atoms with Gasteiger partial charge in [-0.05, 0) is 43.5 Å². The predicted molar refractivity (Wildman–Crippen MR) is 85.1 cm³/mol. The summed E-state index contributed by atoms with van der Waals surface area (Å²) < 4.78 is 29.4. The highest BCUT2D eigenvalue weighted by Gasteiger charge is 2.25. The standard InChI is InChI=1S/C17H20F2N2O2/c1-10-5-6-21(9-16(10)22)15-7-11(2)20-14-4-3-12(8-13(14)15)23-17(18)19/h3-4,7-8,10,16-17,22H,5-6,9H2,1-2H3. The number of aliphatic hydroxyl groups excluding tert-OH is 1. The monoisotopic (exact) mass is 322 g/mol. The number of piperidine rings is 1. The van der Waals surface area contributed by atoms with Gasteiger partial charge in [0.25, 0.3) is 0 Å². The molecule has 6 heteroatoms. The number of nitrogens with zero attached hydrogens (tertiary/aromatic N) is 2. The van der Waals surface area contributed by atoms with Gasteiger partial charge in [-0.3, -0.25) is 4.98 Å². The second-order valence-electron chi connectivity index (χ2n) is 6.12. The van der Waals surface area contributed by atoms with Crippen LogP contribution in [0.5, 0.6) is 5.75 Å². The molecule has 4 nitrogen and oxygen atoms in total. The van der Waals surface area contributed by atoms with E-state index in [1.54, 1.807) is 12.1 Å². The van der Waals surface area contributed by atoms with Crippen LogP contribution in [0.25, 0.3) is 10.9 Å². The summed E-state index contributed by atoms with van der Waals surface area (Å²) in [6.07, 6.45) is 0.491.